The Bertz CT molecular complexity index is 703. The normalized spacial score (nSPS) is 10.7. The van der Waals surface area contributed by atoms with Gasteiger partial charge in [0.1, 0.15) is 0 Å². The first kappa shape index (κ1) is 16.4. The van der Waals surface area contributed by atoms with Crippen molar-refractivity contribution < 1.29 is 14.3 Å². The fourth-order valence-corrected chi connectivity index (χ4v) is 3.04. The van der Waals surface area contributed by atoms with Crippen LogP contribution in [-0.4, -0.2) is 38.6 Å². The van der Waals surface area contributed by atoms with Crippen LogP contribution in [0.4, 0.5) is 0 Å². The Morgan fingerprint density at radius 3 is 2.73 bits per heavy atom. The Balaban J connectivity index is 2.15. The van der Waals surface area contributed by atoms with E-state index in [0.29, 0.717) is 29.1 Å². The molecule has 2 aromatic rings. The summed E-state index contributed by atoms with van der Waals surface area (Å²) in [6.07, 6.45) is 3.52. The number of hydrogen-bond donors (Lipinski definition) is 1. The van der Waals surface area contributed by atoms with Crippen LogP contribution >= 0.6 is 11.8 Å². The molecule has 22 heavy (non-hydrogen) atoms. The van der Waals surface area contributed by atoms with Crippen molar-refractivity contribution in [3.8, 4) is 0 Å². The van der Waals surface area contributed by atoms with Crippen LogP contribution in [0.2, 0.25) is 0 Å². The van der Waals surface area contributed by atoms with E-state index in [1.807, 2.05) is 17.8 Å². The van der Waals surface area contributed by atoms with E-state index in [4.69, 9.17) is 4.74 Å². The number of carbonyl (C=O) groups is 2. The topological polar surface area (TPSA) is 77.0 Å². The molecule has 0 radical (unpaired) electrons. The van der Waals surface area contributed by atoms with E-state index in [9.17, 15) is 9.59 Å². The van der Waals surface area contributed by atoms with Gasteiger partial charge < -0.3 is 14.3 Å². The van der Waals surface area contributed by atoms with Crippen LogP contribution in [0.3, 0.4) is 0 Å². The van der Waals surface area contributed by atoms with Gasteiger partial charge in [0, 0.05) is 25.1 Å². The van der Waals surface area contributed by atoms with Crippen molar-refractivity contribution in [2.24, 2.45) is 7.05 Å². The van der Waals surface area contributed by atoms with Gasteiger partial charge in [-0.1, -0.05) is 11.8 Å². The molecule has 0 aromatic carbocycles. The predicted octanol–water partition coefficient (Wildman–Crippen LogP) is 2.52. The number of nitrogens with zero attached hydrogens (tertiary/aromatic N) is 2. The molecule has 0 aliphatic heterocycles. The van der Waals surface area contributed by atoms with Crippen LogP contribution in [0, 0.1) is 13.8 Å². The number of Topliss-reactive ketones (excluding diaryl/α,β-unsaturated/α-hetero) is 1. The molecule has 0 fully saturated rings. The number of aromatic nitrogens is 3. The third kappa shape index (κ3) is 3.24. The molecule has 2 heterocycles. The Morgan fingerprint density at radius 2 is 2.14 bits per heavy atom. The standard InChI is InChI=1S/C15H19N3O3S/c1-5-21-14(20)12-9(2)13(17-10(12)3)11(19)8-22-15-16-6-7-18(15)4/h6-7,17H,5,8H2,1-4H3. The van der Waals surface area contributed by atoms with E-state index < -0.39 is 5.97 Å². The van der Waals surface area contributed by atoms with Crippen molar-refractivity contribution in [2.75, 3.05) is 12.4 Å². The molecule has 0 amide bonds. The molecule has 118 valence electrons. The first-order valence-corrected chi connectivity index (χ1v) is 7.93. The molecule has 0 bridgehead atoms. The van der Waals surface area contributed by atoms with Crippen LogP contribution in [-0.2, 0) is 11.8 Å². The summed E-state index contributed by atoms with van der Waals surface area (Å²) in [6, 6.07) is 0. The number of esters is 1. The highest BCUT2D eigenvalue weighted by Gasteiger charge is 2.22. The SMILES string of the molecule is CCOC(=O)c1c(C)[nH]c(C(=O)CSc2nccn2C)c1C. The average molecular weight is 321 g/mol. The minimum absolute atomic E-state index is 0.0656. The summed E-state index contributed by atoms with van der Waals surface area (Å²) < 4.78 is 6.88. The van der Waals surface area contributed by atoms with Gasteiger partial charge in [-0.05, 0) is 26.3 Å². The van der Waals surface area contributed by atoms with Crippen molar-refractivity contribution in [2.45, 2.75) is 25.9 Å². The van der Waals surface area contributed by atoms with E-state index in [0.717, 1.165) is 5.16 Å². The van der Waals surface area contributed by atoms with Gasteiger partial charge in [-0.15, -0.1) is 0 Å². The fraction of sp³-hybridized carbons (Fsp3) is 0.400. The predicted molar refractivity (Wildman–Crippen MR) is 84.5 cm³/mol. The minimum atomic E-state index is -0.399. The van der Waals surface area contributed by atoms with Crippen molar-refractivity contribution >= 4 is 23.5 Å². The van der Waals surface area contributed by atoms with Gasteiger partial charge in [-0.25, -0.2) is 9.78 Å². The zero-order chi connectivity index (χ0) is 16.3. The molecular weight excluding hydrogens is 302 g/mol. The number of hydrogen-bond acceptors (Lipinski definition) is 5. The lowest BCUT2D eigenvalue weighted by atomic mass is 10.1. The molecule has 7 heteroatoms. The maximum absolute atomic E-state index is 12.4. The summed E-state index contributed by atoms with van der Waals surface area (Å²) in [5, 5.41) is 0.778. The fourth-order valence-electron chi connectivity index (χ4n) is 2.23. The van der Waals surface area contributed by atoms with Crippen molar-refractivity contribution in [3.63, 3.8) is 0 Å². The second kappa shape index (κ2) is 6.83. The van der Waals surface area contributed by atoms with Gasteiger partial charge in [0.05, 0.1) is 23.6 Å². The molecule has 0 aliphatic carbocycles. The molecule has 0 spiro atoms. The lowest BCUT2D eigenvalue weighted by molar-refractivity contribution is 0.0525. The van der Waals surface area contributed by atoms with E-state index in [1.165, 1.54) is 11.8 Å². The molecule has 0 saturated heterocycles. The van der Waals surface area contributed by atoms with Gasteiger partial charge in [0.25, 0.3) is 0 Å². The second-order valence-corrected chi connectivity index (χ2v) is 5.82. The lowest BCUT2D eigenvalue weighted by Crippen LogP contribution is -2.08. The van der Waals surface area contributed by atoms with E-state index >= 15 is 0 Å². The maximum atomic E-state index is 12.4. The molecule has 6 nitrogen and oxygen atoms in total. The van der Waals surface area contributed by atoms with Crippen molar-refractivity contribution in [3.05, 3.63) is 34.9 Å². The Hall–Kier alpha value is -2.02. The second-order valence-electron chi connectivity index (χ2n) is 4.88. The number of carbonyl (C=O) groups excluding carboxylic acids is 2. The summed E-state index contributed by atoms with van der Waals surface area (Å²) in [4.78, 5) is 31.5. The Labute approximate surface area is 133 Å². The highest BCUT2D eigenvalue weighted by atomic mass is 32.2. The Morgan fingerprint density at radius 1 is 1.41 bits per heavy atom. The molecule has 0 atom stereocenters. The third-order valence-corrected chi connectivity index (χ3v) is 4.36. The quantitative estimate of drug-likeness (QED) is 0.502. The highest BCUT2D eigenvalue weighted by Crippen LogP contribution is 2.22. The van der Waals surface area contributed by atoms with Gasteiger partial charge in [0.2, 0.25) is 0 Å². The van der Waals surface area contributed by atoms with Crippen molar-refractivity contribution in [1.82, 2.24) is 14.5 Å². The smallest absolute Gasteiger partial charge is 0.340 e. The Kier molecular flexibility index (Phi) is 5.07. The van der Waals surface area contributed by atoms with Gasteiger partial charge in [-0.2, -0.15) is 0 Å². The monoisotopic (exact) mass is 321 g/mol. The first-order valence-electron chi connectivity index (χ1n) is 6.95. The molecule has 1 N–H and O–H groups in total. The molecule has 0 aliphatic rings. The number of H-pyrrole nitrogens is 1. The number of ether oxygens (including phenoxy) is 1. The molecular formula is C15H19N3O3S. The van der Waals surface area contributed by atoms with Crippen LogP contribution in [0.25, 0.3) is 0 Å². The van der Waals surface area contributed by atoms with Gasteiger partial charge >= 0.3 is 5.97 Å². The van der Waals surface area contributed by atoms with Gasteiger partial charge in [-0.3, -0.25) is 4.79 Å². The van der Waals surface area contributed by atoms with Crippen LogP contribution in [0.1, 0.15) is 39.0 Å². The third-order valence-electron chi connectivity index (χ3n) is 3.31. The first-order chi connectivity index (χ1) is 10.5. The summed E-state index contributed by atoms with van der Waals surface area (Å²) in [5.74, 6) is -0.206. The number of nitrogens with one attached hydrogen (secondary N) is 1. The van der Waals surface area contributed by atoms with E-state index in [2.05, 4.69) is 9.97 Å². The average Bonchev–Trinajstić information content (AvgIpc) is 3.00. The van der Waals surface area contributed by atoms with E-state index in [-0.39, 0.29) is 11.5 Å². The summed E-state index contributed by atoms with van der Waals surface area (Å²) in [5.41, 5.74) is 2.21. The van der Waals surface area contributed by atoms with Gasteiger partial charge in [0.15, 0.2) is 10.9 Å². The van der Waals surface area contributed by atoms with Crippen LogP contribution in [0.15, 0.2) is 17.6 Å². The maximum Gasteiger partial charge on any atom is 0.340 e. The number of rotatable bonds is 6. The zero-order valence-electron chi connectivity index (χ0n) is 13.1. The number of aromatic amines is 1. The summed E-state index contributed by atoms with van der Waals surface area (Å²) in [7, 11) is 1.88. The largest absolute Gasteiger partial charge is 0.462 e. The number of thioether (sulfide) groups is 1. The number of ketones is 1. The number of aryl methyl sites for hydroxylation is 2. The lowest BCUT2D eigenvalue weighted by Gasteiger charge is -2.03. The van der Waals surface area contributed by atoms with Crippen LogP contribution in [0.5, 0.6) is 0 Å². The van der Waals surface area contributed by atoms with Crippen LogP contribution < -0.4 is 0 Å². The number of imidazole rings is 1. The van der Waals surface area contributed by atoms with E-state index in [1.54, 1.807) is 27.0 Å². The minimum Gasteiger partial charge on any atom is -0.462 e. The molecule has 0 unspecified atom stereocenters. The molecule has 0 saturated carbocycles. The highest BCUT2D eigenvalue weighted by molar-refractivity contribution is 7.99. The summed E-state index contributed by atoms with van der Waals surface area (Å²) in [6.45, 7) is 5.59. The van der Waals surface area contributed by atoms with Crippen molar-refractivity contribution in [1.29, 1.82) is 0 Å². The summed E-state index contributed by atoms with van der Waals surface area (Å²) >= 11 is 1.37. The molecule has 2 rings (SSSR count). The zero-order valence-corrected chi connectivity index (χ0v) is 13.9. The molecule has 2 aromatic heterocycles.